The lowest BCUT2D eigenvalue weighted by Gasteiger charge is -2.30. The van der Waals surface area contributed by atoms with Crippen molar-refractivity contribution in [3.63, 3.8) is 0 Å². The molecule has 2 saturated heterocycles. The van der Waals surface area contributed by atoms with Gasteiger partial charge in [-0.3, -0.25) is 4.79 Å². The lowest BCUT2D eigenvalue weighted by atomic mass is 9.94. The van der Waals surface area contributed by atoms with E-state index >= 15 is 0 Å². The number of benzene rings is 1. The van der Waals surface area contributed by atoms with Gasteiger partial charge in [0.25, 0.3) is 0 Å². The quantitative estimate of drug-likeness (QED) is 0.674. The first-order chi connectivity index (χ1) is 14.7. The van der Waals surface area contributed by atoms with Crippen molar-refractivity contribution in [2.45, 2.75) is 50.7 Å². The van der Waals surface area contributed by atoms with Crippen LogP contribution in [0.1, 0.15) is 50.2 Å². The van der Waals surface area contributed by atoms with Crippen LogP contribution in [0.4, 0.5) is 0 Å². The van der Waals surface area contributed by atoms with Crippen molar-refractivity contribution in [3.8, 4) is 11.5 Å². The zero-order valence-corrected chi connectivity index (χ0v) is 17.7. The monoisotopic (exact) mass is 418 g/mol. The summed E-state index contributed by atoms with van der Waals surface area (Å²) in [5.41, 5.74) is 0.744. The number of hydrogen-bond acceptors (Lipinski definition) is 6. The molecule has 2 atom stereocenters. The maximum absolute atomic E-state index is 12.7. The van der Waals surface area contributed by atoms with Gasteiger partial charge in [-0.15, -0.1) is 0 Å². The summed E-state index contributed by atoms with van der Waals surface area (Å²) in [5.74, 6) is 1.93. The van der Waals surface area contributed by atoms with Gasteiger partial charge >= 0.3 is 0 Å². The third kappa shape index (κ3) is 5.65. The first-order valence-electron chi connectivity index (χ1n) is 11.4. The van der Waals surface area contributed by atoms with E-state index in [-0.39, 0.29) is 11.9 Å². The molecule has 2 N–H and O–H groups in total. The van der Waals surface area contributed by atoms with Gasteiger partial charge in [-0.05, 0) is 68.8 Å². The van der Waals surface area contributed by atoms with Crippen LogP contribution in [-0.4, -0.2) is 68.0 Å². The number of aliphatic hydroxyl groups is 1. The molecule has 0 bridgehead atoms. The maximum atomic E-state index is 12.7. The van der Waals surface area contributed by atoms with E-state index in [4.69, 9.17) is 14.2 Å². The number of nitrogens with one attached hydrogen (secondary N) is 1. The number of ether oxygens (including phenoxy) is 3. The van der Waals surface area contributed by atoms with Gasteiger partial charge in [0.05, 0.1) is 6.04 Å². The van der Waals surface area contributed by atoms with Gasteiger partial charge in [0.2, 0.25) is 5.91 Å². The van der Waals surface area contributed by atoms with Crippen LogP contribution in [0.3, 0.4) is 0 Å². The summed E-state index contributed by atoms with van der Waals surface area (Å²) in [6.07, 6.45) is 4.98. The minimum atomic E-state index is -0.798. The highest BCUT2D eigenvalue weighted by Crippen LogP contribution is 2.33. The predicted octanol–water partition coefficient (Wildman–Crippen LogP) is 2.28. The normalized spacial score (nSPS) is 21.9. The highest BCUT2D eigenvalue weighted by atomic mass is 16.6. The van der Waals surface area contributed by atoms with Crippen LogP contribution >= 0.6 is 0 Å². The standard InChI is InChI=1S/C23H34N2O5/c26-22(6-3-17-7-11-28-12-8-17)24-19(16-25-9-1-2-10-25)23(27)18-4-5-20-21(15-18)30-14-13-29-20/h4-5,15,17,19,23,27H,1-3,6-14,16H2,(H,24,26)/t19-,23-/m1/s1. The topological polar surface area (TPSA) is 80.3 Å². The fourth-order valence-corrected chi connectivity index (χ4v) is 4.59. The third-order valence-electron chi connectivity index (χ3n) is 6.41. The molecule has 0 spiro atoms. The second-order valence-corrected chi connectivity index (χ2v) is 8.62. The smallest absolute Gasteiger partial charge is 0.220 e. The molecule has 7 heteroatoms. The van der Waals surface area contributed by atoms with Crippen molar-refractivity contribution in [1.82, 2.24) is 10.2 Å². The summed E-state index contributed by atoms with van der Waals surface area (Å²) in [6, 6.07) is 5.19. The summed E-state index contributed by atoms with van der Waals surface area (Å²) in [5, 5.41) is 14.3. The van der Waals surface area contributed by atoms with Crippen LogP contribution in [0, 0.1) is 5.92 Å². The molecule has 3 heterocycles. The Kier molecular flexibility index (Phi) is 7.47. The average molecular weight is 419 g/mol. The van der Waals surface area contributed by atoms with Gasteiger partial charge in [-0.25, -0.2) is 0 Å². The Morgan fingerprint density at radius 1 is 1.10 bits per heavy atom. The molecule has 2 fully saturated rings. The average Bonchev–Trinajstić information content (AvgIpc) is 3.30. The van der Waals surface area contributed by atoms with E-state index < -0.39 is 6.10 Å². The summed E-state index contributed by atoms with van der Waals surface area (Å²) < 4.78 is 16.7. The Labute approximate surface area is 178 Å². The van der Waals surface area contributed by atoms with Crippen LogP contribution in [-0.2, 0) is 9.53 Å². The zero-order valence-electron chi connectivity index (χ0n) is 17.7. The Balaban J connectivity index is 1.39. The second-order valence-electron chi connectivity index (χ2n) is 8.62. The zero-order chi connectivity index (χ0) is 20.8. The van der Waals surface area contributed by atoms with Crippen molar-refractivity contribution >= 4 is 5.91 Å². The summed E-state index contributed by atoms with van der Waals surface area (Å²) in [7, 11) is 0. The van der Waals surface area contributed by atoms with Gasteiger partial charge in [0.1, 0.15) is 19.3 Å². The lowest BCUT2D eigenvalue weighted by molar-refractivity contribution is -0.123. The highest BCUT2D eigenvalue weighted by molar-refractivity contribution is 5.76. The number of carbonyl (C=O) groups excluding carboxylic acids is 1. The van der Waals surface area contributed by atoms with E-state index in [0.717, 1.165) is 51.1 Å². The molecule has 1 aromatic carbocycles. The van der Waals surface area contributed by atoms with Gasteiger partial charge in [-0.1, -0.05) is 6.07 Å². The molecule has 166 valence electrons. The van der Waals surface area contributed by atoms with Crippen molar-refractivity contribution in [1.29, 1.82) is 0 Å². The van der Waals surface area contributed by atoms with Crippen molar-refractivity contribution in [2.24, 2.45) is 5.92 Å². The predicted molar refractivity (Wildman–Crippen MR) is 113 cm³/mol. The molecule has 0 unspecified atom stereocenters. The van der Waals surface area contributed by atoms with Gasteiger partial charge in [-0.2, -0.15) is 0 Å². The molecule has 0 saturated carbocycles. The Morgan fingerprint density at radius 2 is 1.83 bits per heavy atom. The lowest BCUT2D eigenvalue weighted by Crippen LogP contribution is -2.46. The maximum Gasteiger partial charge on any atom is 0.220 e. The molecule has 0 aromatic heterocycles. The van der Waals surface area contributed by atoms with Gasteiger partial charge < -0.3 is 29.5 Å². The fourth-order valence-electron chi connectivity index (χ4n) is 4.59. The van der Waals surface area contributed by atoms with Gasteiger partial charge in [0, 0.05) is 26.2 Å². The molecule has 1 amide bonds. The van der Waals surface area contributed by atoms with Crippen LogP contribution in [0.15, 0.2) is 18.2 Å². The molecule has 1 aromatic rings. The molecule has 7 nitrogen and oxygen atoms in total. The number of aliphatic hydroxyl groups excluding tert-OH is 1. The number of fused-ring (bicyclic) bond motifs is 1. The molecular weight excluding hydrogens is 384 g/mol. The summed E-state index contributed by atoms with van der Waals surface area (Å²) in [6.45, 7) is 5.32. The molecule has 0 aliphatic carbocycles. The molecular formula is C23H34N2O5. The Morgan fingerprint density at radius 3 is 2.60 bits per heavy atom. The van der Waals surface area contributed by atoms with Crippen LogP contribution in [0.5, 0.6) is 11.5 Å². The minimum Gasteiger partial charge on any atom is -0.486 e. The SMILES string of the molecule is O=C(CCC1CCOCC1)N[C@H](CN1CCCC1)[C@H](O)c1ccc2c(c1)OCCO2. The van der Waals surface area contributed by atoms with E-state index in [9.17, 15) is 9.90 Å². The highest BCUT2D eigenvalue weighted by Gasteiger charge is 2.28. The second kappa shape index (κ2) is 10.5. The van der Waals surface area contributed by atoms with Crippen LogP contribution in [0.25, 0.3) is 0 Å². The third-order valence-corrected chi connectivity index (χ3v) is 6.41. The number of likely N-dealkylation sites (tertiary alicyclic amines) is 1. The summed E-state index contributed by atoms with van der Waals surface area (Å²) >= 11 is 0. The molecule has 30 heavy (non-hydrogen) atoms. The van der Waals surface area contributed by atoms with E-state index in [2.05, 4.69) is 10.2 Å². The van der Waals surface area contributed by atoms with E-state index in [1.807, 2.05) is 18.2 Å². The van der Waals surface area contributed by atoms with Crippen LogP contribution in [0.2, 0.25) is 0 Å². The Hall–Kier alpha value is -1.83. The van der Waals surface area contributed by atoms with E-state index in [0.29, 0.717) is 43.6 Å². The largest absolute Gasteiger partial charge is 0.486 e. The van der Waals surface area contributed by atoms with Gasteiger partial charge in [0.15, 0.2) is 11.5 Å². The van der Waals surface area contributed by atoms with Crippen molar-refractivity contribution in [2.75, 3.05) is 46.1 Å². The van der Waals surface area contributed by atoms with E-state index in [1.165, 1.54) is 12.8 Å². The minimum absolute atomic E-state index is 0.0160. The molecule has 3 aliphatic heterocycles. The number of rotatable bonds is 8. The number of nitrogens with zero attached hydrogens (tertiary/aromatic N) is 1. The molecule has 3 aliphatic rings. The first-order valence-corrected chi connectivity index (χ1v) is 11.4. The van der Waals surface area contributed by atoms with E-state index in [1.54, 1.807) is 0 Å². The summed E-state index contributed by atoms with van der Waals surface area (Å²) in [4.78, 5) is 15.0. The van der Waals surface area contributed by atoms with Crippen molar-refractivity contribution in [3.05, 3.63) is 23.8 Å². The first kappa shape index (κ1) is 21.4. The molecule has 0 radical (unpaired) electrons. The fraction of sp³-hybridized carbons (Fsp3) is 0.696. The van der Waals surface area contributed by atoms with Crippen LogP contribution < -0.4 is 14.8 Å². The Bertz CT molecular complexity index is 701. The number of amides is 1. The number of carbonyl (C=O) groups is 1. The van der Waals surface area contributed by atoms with Crippen molar-refractivity contribution < 1.29 is 24.1 Å². The number of hydrogen-bond donors (Lipinski definition) is 2. The molecule has 4 rings (SSSR count).